The van der Waals surface area contributed by atoms with Gasteiger partial charge in [-0.05, 0) is 31.2 Å². The Bertz CT molecular complexity index is 1430. The van der Waals surface area contributed by atoms with Crippen LogP contribution in [0.4, 0.5) is 13.2 Å². The van der Waals surface area contributed by atoms with Gasteiger partial charge in [0.25, 0.3) is 11.8 Å². The van der Waals surface area contributed by atoms with E-state index in [1.165, 1.54) is 19.1 Å². The lowest BCUT2D eigenvalue weighted by atomic mass is 9.98. The lowest BCUT2D eigenvalue weighted by Crippen LogP contribution is -2.38. The van der Waals surface area contributed by atoms with Gasteiger partial charge in [-0.3, -0.25) is 19.9 Å². The Labute approximate surface area is 178 Å². The molecule has 1 aliphatic rings. The van der Waals surface area contributed by atoms with Gasteiger partial charge < -0.3 is 9.32 Å². The van der Waals surface area contributed by atoms with Gasteiger partial charge in [-0.2, -0.15) is 5.10 Å². The van der Waals surface area contributed by atoms with E-state index in [-0.39, 0.29) is 28.4 Å². The van der Waals surface area contributed by atoms with Crippen LogP contribution in [0, 0.1) is 12.7 Å². The van der Waals surface area contributed by atoms with Gasteiger partial charge in [0.05, 0.1) is 23.4 Å². The van der Waals surface area contributed by atoms with Gasteiger partial charge in [-0.1, -0.05) is 6.07 Å². The summed E-state index contributed by atoms with van der Waals surface area (Å²) in [7, 11) is 0. The molecule has 5 rings (SSSR count). The maximum Gasteiger partial charge on any atom is 0.417 e. The van der Waals surface area contributed by atoms with Crippen LogP contribution in [0.2, 0.25) is 0 Å². The number of aromatic amines is 2. The molecule has 8 nitrogen and oxygen atoms in total. The number of carbonyl (C=O) groups is 1. The third-order valence-electron chi connectivity index (χ3n) is 5.34. The largest absolute Gasteiger partial charge is 0.417 e. The maximum absolute atomic E-state index is 14.0. The number of fused-ring (bicyclic) bond motifs is 2. The first-order valence-corrected chi connectivity index (χ1v) is 9.66. The molecule has 0 saturated carbocycles. The molecule has 164 valence electrons. The number of benzene rings is 1. The van der Waals surface area contributed by atoms with Crippen LogP contribution in [0.5, 0.6) is 0 Å². The molecule has 1 aromatic carbocycles. The van der Waals surface area contributed by atoms with Crippen molar-refractivity contribution in [2.75, 3.05) is 6.54 Å². The van der Waals surface area contributed by atoms with Crippen LogP contribution < -0.4 is 5.76 Å². The number of oxazole rings is 1. The monoisotopic (exact) mass is 443 g/mol. The number of nitrogens with zero attached hydrogens (tertiary/aromatic N) is 3. The normalized spacial score (nSPS) is 16.2. The molecular formula is C21H16F3N5O3. The molecule has 3 aromatic heterocycles. The number of aryl methyl sites for hydroxylation is 1. The minimum atomic E-state index is -3.19. The van der Waals surface area contributed by atoms with Gasteiger partial charge in [0.15, 0.2) is 5.58 Å². The predicted molar refractivity (Wildman–Crippen MR) is 107 cm³/mol. The second-order valence-electron chi connectivity index (χ2n) is 7.77. The molecule has 0 saturated heterocycles. The molecule has 4 aromatic rings. The lowest BCUT2D eigenvalue weighted by Gasteiger charge is -2.28. The summed E-state index contributed by atoms with van der Waals surface area (Å²) in [6, 6.07) is 6.41. The average molecular weight is 443 g/mol. The van der Waals surface area contributed by atoms with Crippen molar-refractivity contribution in [2.45, 2.75) is 25.8 Å². The zero-order valence-corrected chi connectivity index (χ0v) is 16.9. The van der Waals surface area contributed by atoms with E-state index in [4.69, 9.17) is 4.42 Å². The smallest absolute Gasteiger partial charge is 0.407 e. The number of alkyl halides is 2. The van der Waals surface area contributed by atoms with Gasteiger partial charge in [0, 0.05) is 18.1 Å². The fourth-order valence-corrected chi connectivity index (χ4v) is 4.05. The van der Waals surface area contributed by atoms with Crippen LogP contribution in [-0.4, -0.2) is 43.4 Å². The highest BCUT2D eigenvalue weighted by molar-refractivity contribution is 6.01. The Balaban J connectivity index is 1.75. The fourth-order valence-electron chi connectivity index (χ4n) is 4.05. The molecule has 0 bridgehead atoms. The topological polar surface area (TPSA) is 108 Å². The van der Waals surface area contributed by atoms with Crippen LogP contribution in [-0.2, 0) is 0 Å². The minimum Gasteiger partial charge on any atom is -0.407 e. The summed E-state index contributed by atoms with van der Waals surface area (Å²) in [5.74, 6) is -5.10. The van der Waals surface area contributed by atoms with Crippen LogP contribution in [0.1, 0.15) is 40.4 Å². The van der Waals surface area contributed by atoms with Crippen molar-refractivity contribution in [2.24, 2.45) is 0 Å². The van der Waals surface area contributed by atoms with Crippen LogP contribution in [0.25, 0.3) is 22.4 Å². The summed E-state index contributed by atoms with van der Waals surface area (Å²) >= 11 is 0. The zero-order valence-electron chi connectivity index (χ0n) is 16.9. The molecule has 1 unspecified atom stereocenters. The molecule has 11 heteroatoms. The summed E-state index contributed by atoms with van der Waals surface area (Å²) in [5, 5.41) is 6.86. The number of halogens is 3. The molecule has 1 amide bonds. The molecule has 1 aliphatic heterocycles. The summed E-state index contributed by atoms with van der Waals surface area (Å²) in [6.45, 7) is 1.28. The number of hydrogen-bond donors (Lipinski definition) is 2. The predicted octanol–water partition coefficient (Wildman–Crippen LogP) is 3.55. The van der Waals surface area contributed by atoms with E-state index in [0.29, 0.717) is 23.6 Å². The molecule has 0 aliphatic carbocycles. The van der Waals surface area contributed by atoms with Crippen LogP contribution in [0.15, 0.2) is 39.5 Å². The van der Waals surface area contributed by atoms with Crippen molar-refractivity contribution in [3.63, 3.8) is 0 Å². The first kappa shape index (κ1) is 20.0. The Morgan fingerprint density at radius 1 is 1.22 bits per heavy atom. The molecule has 32 heavy (non-hydrogen) atoms. The second kappa shape index (κ2) is 6.81. The van der Waals surface area contributed by atoms with Gasteiger partial charge in [0.1, 0.15) is 23.2 Å². The van der Waals surface area contributed by atoms with Crippen molar-refractivity contribution in [1.82, 2.24) is 25.1 Å². The van der Waals surface area contributed by atoms with Crippen molar-refractivity contribution in [3.8, 4) is 11.3 Å². The quantitative estimate of drug-likeness (QED) is 0.502. The SMILES string of the molecule is Cc1nc(C2c3c(-c4cccc5[nH]c(=O)oc45)n[nH]c3C(=O)N2CC(C)(F)F)ccc1F. The number of para-hydroxylation sites is 1. The Morgan fingerprint density at radius 3 is 2.72 bits per heavy atom. The van der Waals surface area contributed by atoms with Crippen molar-refractivity contribution in [3.05, 3.63) is 69.3 Å². The highest BCUT2D eigenvalue weighted by atomic mass is 19.3. The van der Waals surface area contributed by atoms with Gasteiger partial charge in [0.2, 0.25) is 0 Å². The van der Waals surface area contributed by atoms with E-state index >= 15 is 0 Å². The number of aromatic nitrogens is 4. The number of nitrogens with one attached hydrogen (secondary N) is 2. The molecule has 4 heterocycles. The third kappa shape index (κ3) is 3.08. The molecule has 0 radical (unpaired) electrons. The van der Waals surface area contributed by atoms with E-state index in [9.17, 15) is 22.8 Å². The fraction of sp³-hybridized carbons (Fsp3) is 0.238. The lowest BCUT2D eigenvalue weighted by molar-refractivity contribution is -0.0150. The molecule has 1 atom stereocenters. The number of H-pyrrole nitrogens is 2. The highest BCUT2D eigenvalue weighted by Crippen LogP contribution is 2.44. The van der Waals surface area contributed by atoms with Crippen molar-refractivity contribution in [1.29, 1.82) is 0 Å². The number of amides is 1. The number of rotatable bonds is 4. The van der Waals surface area contributed by atoms with Crippen LogP contribution in [0.3, 0.4) is 0 Å². The molecule has 0 spiro atoms. The van der Waals surface area contributed by atoms with E-state index in [0.717, 1.165) is 4.90 Å². The Morgan fingerprint density at radius 2 is 2.00 bits per heavy atom. The van der Waals surface area contributed by atoms with Crippen molar-refractivity contribution < 1.29 is 22.4 Å². The standard InChI is InChI=1S/C21H16F3N5O3/c1-9-11(22)6-7-12(25-9)17-14-15(10-4-3-5-13-18(10)32-20(31)26-13)27-28-16(14)19(30)29(17)8-21(2,23)24/h3-7,17H,8H2,1-2H3,(H,26,31)(H,27,28). The van der Waals surface area contributed by atoms with E-state index in [2.05, 4.69) is 20.2 Å². The Hall–Kier alpha value is -3.89. The van der Waals surface area contributed by atoms with E-state index in [1.54, 1.807) is 18.2 Å². The summed E-state index contributed by atoms with van der Waals surface area (Å²) in [4.78, 5) is 32.5. The van der Waals surface area contributed by atoms with Gasteiger partial charge >= 0.3 is 5.76 Å². The second-order valence-corrected chi connectivity index (χ2v) is 7.77. The molecule has 0 fully saturated rings. The Kier molecular flexibility index (Phi) is 4.26. The minimum absolute atomic E-state index is 0.0212. The average Bonchev–Trinajstić information content (AvgIpc) is 3.37. The van der Waals surface area contributed by atoms with Gasteiger partial charge in [-0.25, -0.2) is 18.0 Å². The zero-order chi connectivity index (χ0) is 22.8. The van der Waals surface area contributed by atoms with Crippen LogP contribution >= 0.6 is 0 Å². The maximum atomic E-state index is 14.0. The third-order valence-corrected chi connectivity index (χ3v) is 5.34. The first-order valence-electron chi connectivity index (χ1n) is 9.66. The number of carbonyl (C=O) groups excluding carboxylic acids is 1. The van der Waals surface area contributed by atoms with Gasteiger partial charge in [-0.15, -0.1) is 0 Å². The number of hydrogen-bond acceptors (Lipinski definition) is 5. The summed E-state index contributed by atoms with van der Waals surface area (Å²) < 4.78 is 47.1. The highest BCUT2D eigenvalue weighted by Gasteiger charge is 2.46. The van der Waals surface area contributed by atoms with E-state index < -0.39 is 36.0 Å². The first-order chi connectivity index (χ1) is 15.1. The number of pyridine rings is 1. The summed E-state index contributed by atoms with van der Waals surface area (Å²) in [5.41, 5.74) is 1.86. The van der Waals surface area contributed by atoms with Crippen molar-refractivity contribution >= 4 is 17.0 Å². The molecular weight excluding hydrogens is 427 g/mol. The molecule has 2 N–H and O–H groups in total. The van der Waals surface area contributed by atoms with E-state index in [1.807, 2.05) is 0 Å². The summed E-state index contributed by atoms with van der Waals surface area (Å²) in [6.07, 6.45) is 0.